The van der Waals surface area contributed by atoms with Crippen LogP contribution < -0.4 is 14.8 Å². The molecule has 0 saturated heterocycles. The van der Waals surface area contributed by atoms with Crippen LogP contribution in [0.5, 0.6) is 17.2 Å². The summed E-state index contributed by atoms with van der Waals surface area (Å²) in [6.07, 6.45) is -3.06. The molecule has 9 heteroatoms. The van der Waals surface area contributed by atoms with Crippen molar-refractivity contribution in [2.24, 2.45) is 0 Å². The summed E-state index contributed by atoms with van der Waals surface area (Å²) < 4.78 is 50.0. The molecule has 0 aliphatic carbocycles. The van der Waals surface area contributed by atoms with Crippen molar-refractivity contribution in [1.29, 1.82) is 0 Å². The summed E-state index contributed by atoms with van der Waals surface area (Å²) in [4.78, 5) is 12.8. The number of benzene rings is 3. The molecule has 0 bridgehead atoms. The molecule has 0 radical (unpaired) electrons. The summed E-state index contributed by atoms with van der Waals surface area (Å²) in [5.41, 5.74) is 1.34. The van der Waals surface area contributed by atoms with Gasteiger partial charge in [0.15, 0.2) is 0 Å². The molecule has 0 aliphatic heterocycles. The predicted octanol–water partition coefficient (Wildman–Crippen LogP) is 6.46. The molecule has 0 atom stereocenters. The van der Waals surface area contributed by atoms with Crippen LogP contribution in [0, 0.1) is 0 Å². The van der Waals surface area contributed by atoms with Crippen LogP contribution in [0.15, 0.2) is 72.9 Å². The molecule has 4 aromatic rings. The Kier molecular flexibility index (Phi) is 6.70. The lowest BCUT2D eigenvalue weighted by Crippen LogP contribution is -2.16. The quantitative estimate of drug-likeness (QED) is 0.319. The van der Waals surface area contributed by atoms with Crippen LogP contribution in [0.25, 0.3) is 15.7 Å². The minimum atomic E-state index is -4.56. The minimum absolute atomic E-state index is 0.0236. The van der Waals surface area contributed by atoms with Crippen LogP contribution in [0.4, 0.5) is 13.2 Å². The number of fused-ring (bicyclic) bond motifs is 1. The summed E-state index contributed by atoms with van der Waals surface area (Å²) in [6.45, 7) is 0. The number of hydrogen-bond donors (Lipinski definition) is 2. The number of aromatic hydroxyl groups is 1. The normalized spacial score (nSPS) is 11.2. The van der Waals surface area contributed by atoms with E-state index in [1.54, 1.807) is 38.5 Å². The fourth-order valence-corrected chi connectivity index (χ4v) is 4.47. The molecule has 0 spiro atoms. The molecule has 4 rings (SSSR count). The summed E-state index contributed by atoms with van der Waals surface area (Å²) in [5, 5.41) is 13.1. The van der Waals surface area contributed by atoms with Crippen molar-refractivity contribution in [3.8, 4) is 17.2 Å². The predicted molar refractivity (Wildman–Crippen MR) is 129 cm³/mol. The highest BCUT2D eigenvalue weighted by atomic mass is 32.1. The highest BCUT2D eigenvalue weighted by Gasteiger charge is 2.31. The van der Waals surface area contributed by atoms with Crippen LogP contribution >= 0.6 is 11.3 Å². The van der Waals surface area contributed by atoms with Crippen molar-refractivity contribution in [3.05, 3.63) is 94.5 Å². The third kappa shape index (κ3) is 5.09. The van der Waals surface area contributed by atoms with E-state index in [0.29, 0.717) is 21.8 Å². The maximum absolute atomic E-state index is 13.1. The summed E-state index contributed by atoms with van der Waals surface area (Å²) in [5.74, 6) is 0.204. The van der Waals surface area contributed by atoms with Gasteiger partial charge in [0.1, 0.15) is 22.1 Å². The van der Waals surface area contributed by atoms with Crippen molar-refractivity contribution in [1.82, 2.24) is 5.32 Å². The van der Waals surface area contributed by atoms with E-state index in [1.165, 1.54) is 12.3 Å². The molecular weight excluding hydrogens is 479 g/mol. The molecule has 0 aliphatic rings. The maximum atomic E-state index is 13.1. The van der Waals surface area contributed by atoms with Crippen LogP contribution in [0.2, 0.25) is 0 Å². The molecule has 35 heavy (non-hydrogen) atoms. The lowest BCUT2D eigenvalue weighted by atomic mass is 9.98. The fourth-order valence-electron chi connectivity index (χ4n) is 3.49. The zero-order valence-corrected chi connectivity index (χ0v) is 19.5. The van der Waals surface area contributed by atoms with E-state index in [9.17, 15) is 23.1 Å². The van der Waals surface area contributed by atoms with Gasteiger partial charge in [0, 0.05) is 21.9 Å². The first kappa shape index (κ1) is 24.2. The topological polar surface area (TPSA) is 67.8 Å². The van der Waals surface area contributed by atoms with Gasteiger partial charge < -0.3 is 19.9 Å². The van der Waals surface area contributed by atoms with Crippen LogP contribution in [-0.4, -0.2) is 25.2 Å². The van der Waals surface area contributed by atoms with Gasteiger partial charge in [-0.25, -0.2) is 0 Å². The van der Waals surface area contributed by atoms with Gasteiger partial charge >= 0.3 is 6.18 Å². The molecule has 3 aromatic carbocycles. The molecule has 1 heterocycles. The average molecular weight is 500 g/mol. The second-order valence-corrected chi connectivity index (χ2v) is 8.53. The van der Waals surface area contributed by atoms with E-state index >= 15 is 0 Å². The number of alkyl halides is 3. The van der Waals surface area contributed by atoms with Crippen LogP contribution in [-0.2, 0) is 6.18 Å². The third-order valence-electron chi connectivity index (χ3n) is 5.34. The van der Waals surface area contributed by atoms with E-state index in [4.69, 9.17) is 9.47 Å². The van der Waals surface area contributed by atoms with Gasteiger partial charge in [0.25, 0.3) is 5.91 Å². The fraction of sp³-hybridized carbons (Fsp3) is 0.115. The lowest BCUT2D eigenvalue weighted by Gasteiger charge is -2.11. The van der Waals surface area contributed by atoms with E-state index in [0.717, 1.165) is 34.6 Å². The van der Waals surface area contributed by atoms with E-state index in [2.05, 4.69) is 5.32 Å². The number of carbonyl (C=O) groups excluding carboxylic acids is 1. The number of methoxy groups -OCH3 is 2. The Hall–Kier alpha value is -3.98. The van der Waals surface area contributed by atoms with Crippen molar-refractivity contribution >= 4 is 32.9 Å². The Morgan fingerprint density at radius 1 is 0.914 bits per heavy atom. The van der Waals surface area contributed by atoms with Gasteiger partial charge in [0.2, 0.25) is 0 Å². The Morgan fingerprint density at radius 3 is 1.94 bits per heavy atom. The monoisotopic (exact) mass is 499 g/mol. The minimum Gasteiger partial charge on any atom is -0.506 e. The van der Waals surface area contributed by atoms with E-state index in [-0.39, 0.29) is 10.3 Å². The molecule has 2 N–H and O–H groups in total. The molecule has 1 amide bonds. The molecule has 1 aromatic heterocycles. The van der Waals surface area contributed by atoms with Crippen molar-refractivity contribution in [2.45, 2.75) is 6.18 Å². The number of ether oxygens (including phenoxy) is 2. The number of carbonyl (C=O) groups is 1. The standard InChI is InChI=1S/C26H20F3NO4S/c1-33-18-8-3-15(4-9-18)21(16-5-10-19(34-2)11-6-16)14-30-25(32)24-23(31)20-13-17(26(27,28)29)7-12-22(20)35-24/h3-14,31H,1-2H3,(H,30,32). The maximum Gasteiger partial charge on any atom is 0.416 e. The van der Waals surface area contributed by atoms with Gasteiger partial charge in [-0.05, 0) is 53.6 Å². The molecule has 180 valence electrons. The Balaban J connectivity index is 1.69. The van der Waals surface area contributed by atoms with Gasteiger partial charge in [-0.3, -0.25) is 4.79 Å². The second kappa shape index (κ2) is 9.71. The molecular formula is C26H20F3NO4S. The summed E-state index contributed by atoms with van der Waals surface area (Å²) in [6, 6.07) is 17.5. The van der Waals surface area contributed by atoms with E-state index in [1.807, 2.05) is 24.3 Å². The number of hydrogen-bond acceptors (Lipinski definition) is 5. The highest BCUT2D eigenvalue weighted by molar-refractivity contribution is 7.21. The van der Waals surface area contributed by atoms with Crippen molar-refractivity contribution in [3.63, 3.8) is 0 Å². The van der Waals surface area contributed by atoms with Gasteiger partial charge in [-0.1, -0.05) is 24.3 Å². The Bertz CT molecular complexity index is 1340. The summed E-state index contributed by atoms with van der Waals surface area (Å²) >= 11 is 0.913. The number of thiophene rings is 1. The first-order chi connectivity index (χ1) is 16.7. The SMILES string of the molecule is COc1ccc(C(=CNC(=O)c2sc3ccc(C(F)(F)F)cc3c2O)c2ccc(OC)cc2)cc1. The van der Waals surface area contributed by atoms with Gasteiger partial charge in [-0.15, -0.1) is 11.3 Å². The summed E-state index contributed by atoms with van der Waals surface area (Å²) in [7, 11) is 3.12. The zero-order valence-electron chi connectivity index (χ0n) is 18.6. The number of rotatable bonds is 6. The number of halogens is 3. The van der Waals surface area contributed by atoms with Crippen LogP contribution in [0.3, 0.4) is 0 Å². The van der Waals surface area contributed by atoms with Gasteiger partial charge in [0.05, 0.1) is 19.8 Å². The first-order valence-electron chi connectivity index (χ1n) is 10.3. The average Bonchev–Trinajstić information content (AvgIpc) is 3.20. The zero-order chi connectivity index (χ0) is 25.2. The molecule has 0 fully saturated rings. The number of nitrogens with one attached hydrogen (secondary N) is 1. The first-order valence-corrected chi connectivity index (χ1v) is 11.2. The van der Waals surface area contributed by atoms with Crippen LogP contribution in [0.1, 0.15) is 26.4 Å². The van der Waals surface area contributed by atoms with E-state index < -0.39 is 23.4 Å². The highest BCUT2D eigenvalue weighted by Crippen LogP contribution is 2.40. The molecule has 5 nitrogen and oxygen atoms in total. The molecule has 0 saturated carbocycles. The smallest absolute Gasteiger partial charge is 0.416 e. The van der Waals surface area contributed by atoms with Gasteiger partial charge in [-0.2, -0.15) is 13.2 Å². The largest absolute Gasteiger partial charge is 0.506 e. The number of amides is 1. The van der Waals surface area contributed by atoms with Crippen molar-refractivity contribution in [2.75, 3.05) is 14.2 Å². The third-order valence-corrected chi connectivity index (χ3v) is 6.50. The second-order valence-electron chi connectivity index (χ2n) is 7.48. The Morgan fingerprint density at radius 2 is 1.46 bits per heavy atom. The Labute approximate surface area is 203 Å². The van der Waals surface area contributed by atoms with Crippen molar-refractivity contribution < 1.29 is 32.5 Å². The lowest BCUT2D eigenvalue weighted by molar-refractivity contribution is -0.137. The molecule has 0 unspecified atom stereocenters.